The van der Waals surface area contributed by atoms with Crippen LogP contribution in [0.3, 0.4) is 0 Å². The molecule has 3 nitrogen and oxygen atoms in total. The van der Waals surface area contributed by atoms with Crippen molar-refractivity contribution in [2.45, 2.75) is 19.4 Å². The second-order valence-electron chi connectivity index (χ2n) is 4.60. The summed E-state index contributed by atoms with van der Waals surface area (Å²) in [7, 11) is 1.61. The maximum Gasteiger partial charge on any atom is 0.128 e. The fraction of sp³-hybridized carbons (Fsp3) is 0.571. The van der Waals surface area contributed by atoms with Gasteiger partial charge in [0.05, 0.1) is 7.11 Å². The molecule has 2 rings (SSSR count). The van der Waals surface area contributed by atoms with Crippen molar-refractivity contribution >= 4 is 12.4 Å². The lowest BCUT2D eigenvalue weighted by Gasteiger charge is -2.35. The lowest BCUT2D eigenvalue weighted by Crippen LogP contribution is -2.45. The maximum atomic E-state index is 14.0. The van der Waals surface area contributed by atoms with Gasteiger partial charge in [0.25, 0.3) is 0 Å². The molecule has 1 saturated heterocycles. The van der Waals surface area contributed by atoms with E-state index in [1.807, 2.05) is 6.07 Å². The lowest BCUT2D eigenvalue weighted by atomic mass is 10.0. The van der Waals surface area contributed by atoms with Gasteiger partial charge in [-0.1, -0.05) is 6.92 Å². The largest absolute Gasteiger partial charge is 0.497 e. The molecule has 0 saturated carbocycles. The molecule has 1 aliphatic heterocycles. The lowest BCUT2D eigenvalue weighted by molar-refractivity contribution is 0.166. The minimum atomic E-state index is -0.138. The highest BCUT2D eigenvalue weighted by Gasteiger charge is 2.23. The molecular weight excluding hydrogens is 267 g/mol. The third-order valence-corrected chi connectivity index (χ3v) is 3.54. The van der Waals surface area contributed by atoms with Crippen molar-refractivity contribution in [1.82, 2.24) is 10.2 Å². The summed E-state index contributed by atoms with van der Waals surface area (Å²) in [4.78, 5) is 2.34. The van der Waals surface area contributed by atoms with Crippen LogP contribution in [-0.4, -0.2) is 38.2 Å². The topological polar surface area (TPSA) is 24.5 Å². The molecule has 0 amide bonds. The van der Waals surface area contributed by atoms with Crippen LogP contribution in [0.1, 0.15) is 24.9 Å². The molecule has 0 aliphatic carbocycles. The molecule has 19 heavy (non-hydrogen) atoms. The number of rotatable bonds is 4. The Hall–Kier alpha value is -0.840. The van der Waals surface area contributed by atoms with Crippen LogP contribution >= 0.6 is 12.4 Å². The average molecular weight is 289 g/mol. The normalized spacial score (nSPS) is 17.6. The highest BCUT2D eigenvalue weighted by molar-refractivity contribution is 5.85. The van der Waals surface area contributed by atoms with Gasteiger partial charge in [0.2, 0.25) is 0 Å². The zero-order chi connectivity index (χ0) is 13.0. The Balaban J connectivity index is 0.00000180. The third kappa shape index (κ3) is 3.81. The summed E-state index contributed by atoms with van der Waals surface area (Å²) in [6.07, 6.45) is 0.907. The molecule has 1 atom stereocenters. The Morgan fingerprint density at radius 3 is 2.63 bits per heavy atom. The molecule has 108 valence electrons. The molecular formula is C14H22ClFN2O. The van der Waals surface area contributed by atoms with Crippen LogP contribution in [0.4, 0.5) is 4.39 Å². The third-order valence-electron chi connectivity index (χ3n) is 3.54. The molecule has 1 heterocycles. The summed E-state index contributed by atoms with van der Waals surface area (Å²) in [5.41, 5.74) is 0.749. The van der Waals surface area contributed by atoms with Gasteiger partial charge in [0.15, 0.2) is 0 Å². The smallest absolute Gasteiger partial charge is 0.128 e. The molecule has 0 unspecified atom stereocenters. The number of hydrogen-bond acceptors (Lipinski definition) is 3. The van der Waals surface area contributed by atoms with Gasteiger partial charge < -0.3 is 10.1 Å². The van der Waals surface area contributed by atoms with E-state index in [-0.39, 0.29) is 24.3 Å². The first-order valence-corrected chi connectivity index (χ1v) is 6.54. The van der Waals surface area contributed by atoms with Crippen LogP contribution < -0.4 is 10.1 Å². The van der Waals surface area contributed by atoms with E-state index < -0.39 is 0 Å². The molecule has 1 fully saturated rings. The predicted octanol–water partition coefficient (Wildman–Crippen LogP) is 2.61. The Labute approximate surface area is 120 Å². The number of methoxy groups -OCH3 is 1. The Bertz CT molecular complexity index is 397. The van der Waals surface area contributed by atoms with E-state index in [2.05, 4.69) is 17.1 Å². The number of ether oxygens (including phenoxy) is 1. The summed E-state index contributed by atoms with van der Waals surface area (Å²) in [5, 5.41) is 3.32. The Morgan fingerprint density at radius 2 is 2.05 bits per heavy atom. The summed E-state index contributed by atoms with van der Waals surface area (Å²) >= 11 is 0. The van der Waals surface area contributed by atoms with Crippen molar-refractivity contribution in [3.63, 3.8) is 0 Å². The van der Waals surface area contributed by atoms with Gasteiger partial charge in [-0.15, -0.1) is 12.4 Å². The minimum absolute atomic E-state index is 0. The van der Waals surface area contributed by atoms with E-state index in [0.717, 1.165) is 43.9 Å². The summed E-state index contributed by atoms with van der Waals surface area (Å²) in [5.74, 6) is 0.584. The summed E-state index contributed by atoms with van der Waals surface area (Å²) in [6, 6.07) is 5.13. The second-order valence-corrected chi connectivity index (χ2v) is 4.60. The molecule has 0 radical (unpaired) electrons. The first kappa shape index (κ1) is 16.2. The Morgan fingerprint density at radius 1 is 1.37 bits per heavy atom. The molecule has 0 spiro atoms. The van der Waals surface area contributed by atoms with E-state index in [1.165, 1.54) is 6.07 Å². The molecule has 1 aromatic carbocycles. The minimum Gasteiger partial charge on any atom is -0.497 e. The van der Waals surface area contributed by atoms with Crippen molar-refractivity contribution in [3.05, 3.63) is 29.6 Å². The quantitative estimate of drug-likeness (QED) is 0.922. The zero-order valence-corrected chi connectivity index (χ0v) is 12.3. The van der Waals surface area contributed by atoms with Gasteiger partial charge in [-0.2, -0.15) is 0 Å². The van der Waals surface area contributed by atoms with Crippen LogP contribution in [0.5, 0.6) is 5.75 Å². The number of hydrogen-bond donors (Lipinski definition) is 1. The summed E-state index contributed by atoms with van der Waals surface area (Å²) < 4.78 is 19.2. The van der Waals surface area contributed by atoms with Gasteiger partial charge in [-0.3, -0.25) is 4.90 Å². The van der Waals surface area contributed by atoms with Gasteiger partial charge in [-0.05, 0) is 24.6 Å². The molecule has 1 N–H and O–H groups in total. The van der Waals surface area contributed by atoms with Crippen LogP contribution in [-0.2, 0) is 0 Å². The SMILES string of the molecule is CC[C@@H](c1cc(OC)ccc1F)N1CCNCC1.Cl. The van der Waals surface area contributed by atoms with E-state index in [1.54, 1.807) is 13.2 Å². The van der Waals surface area contributed by atoms with Crippen LogP contribution in [0.15, 0.2) is 18.2 Å². The standard InChI is InChI=1S/C14H21FN2O.ClH/c1-3-14(17-8-6-16-7-9-17)12-10-11(18-2)4-5-13(12)15;/h4-5,10,14,16H,3,6-9H2,1-2H3;1H/t14-;/m0./s1. The fourth-order valence-electron chi connectivity index (χ4n) is 2.57. The average Bonchev–Trinajstić information content (AvgIpc) is 2.43. The van der Waals surface area contributed by atoms with Crippen LogP contribution in [0, 0.1) is 5.82 Å². The van der Waals surface area contributed by atoms with Crippen molar-refractivity contribution in [2.75, 3.05) is 33.3 Å². The van der Waals surface area contributed by atoms with Gasteiger partial charge in [-0.25, -0.2) is 4.39 Å². The number of nitrogens with one attached hydrogen (secondary N) is 1. The molecule has 1 aliphatic rings. The molecule has 1 aromatic rings. The number of halogens is 2. The number of benzene rings is 1. The number of nitrogens with zero attached hydrogens (tertiary/aromatic N) is 1. The fourth-order valence-corrected chi connectivity index (χ4v) is 2.57. The second kappa shape index (κ2) is 7.68. The van der Waals surface area contributed by atoms with Gasteiger partial charge in [0, 0.05) is 37.8 Å². The Kier molecular flexibility index (Phi) is 6.55. The molecule has 0 bridgehead atoms. The van der Waals surface area contributed by atoms with Crippen molar-refractivity contribution < 1.29 is 9.13 Å². The highest BCUT2D eigenvalue weighted by Crippen LogP contribution is 2.29. The zero-order valence-electron chi connectivity index (χ0n) is 11.5. The predicted molar refractivity (Wildman–Crippen MR) is 77.7 cm³/mol. The van der Waals surface area contributed by atoms with Crippen LogP contribution in [0.25, 0.3) is 0 Å². The van der Waals surface area contributed by atoms with Gasteiger partial charge >= 0.3 is 0 Å². The molecule has 5 heteroatoms. The van der Waals surface area contributed by atoms with E-state index >= 15 is 0 Å². The highest BCUT2D eigenvalue weighted by atomic mass is 35.5. The van der Waals surface area contributed by atoms with E-state index in [9.17, 15) is 4.39 Å². The summed E-state index contributed by atoms with van der Waals surface area (Å²) in [6.45, 7) is 5.99. The van der Waals surface area contributed by atoms with Crippen molar-refractivity contribution in [1.29, 1.82) is 0 Å². The van der Waals surface area contributed by atoms with E-state index in [4.69, 9.17) is 4.74 Å². The van der Waals surface area contributed by atoms with Crippen LogP contribution in [0.2, 0.25) is 0 Å². The van der Waals surface area contributed by atoms with E-state index in [0.29, 0.717) is 0 Å². The number of piperazine rings is 1. The molecule has 0 aromatic heterocycles. The monoisotopic (exact) mass is 288 g/mol. The van der Waals surface area contributed by atoms with Crippen molar-refractivity contribution in [2.24, 2.45) is 0 Å². The first-order valence-electron chi connectivity index (χ1n) is 6.54. The van der Waals surface area contributed by atoms with Crippen molar-refractivity contribution in [3.8, 4) is 5.75 Å². The van der Waals surface area contributed by atoms with Gasteiger partial charge in [0.1, 0.15) is 11.6 Å². The first-order chi connectivity index (χ1) is 8.76. The maximum absolute atomic E-state index is 14.0.